The molecule has 0 bridgehead atoms. The molecule has 3 rings (SSSR count). The highest BCUT2D eigenvalue weighted by Gasteiger charge is 2.30. The third-order valence-electron chi connectivity index (χ3n) is 4.26. The highest BCUT2D eigenvalue weighted by Crippen LogP contribution is 2.30. The summed E-state index contributed by atoms with van der Waals surface area (Å²) in [5.41, 5.74) is 0.492. The van der Waals surface area contributed by atoms with E-state index in [1.165, 1.54) is 6.21 Å². The highest BCUT2D eigenvalue weighted by atomic mass is 19.1. The van der Waals surface area contributed by atoms with Gasteiger partial charge in [0.2, 0.25) is 0 Å². The molecule has 2 heterocycles. The van der Waals surface area contributed by atoms with E-state index in [-0.39, 0.29) is 24.4 Å². The van der Waals surface area contributed by atoms with Crippen LogP contribution in [0.15, 0.2) is 47.7 Å². The Morgan fingerprint density at radius 1 is 1.14 bits per heavy atom. The number of carbonyl (C=O) groups excluding carboxylic acids is 1. The van der Waals surface area contributed by atoms with E-state index in [9.17, 15) is 22.4 Å². The first-order valence-corrected chi connectivity index (χ1v) is 8.79. The van der Waals surface area contributed by atoms with E-state index >= 15 is 0 Å². The number of rotatable bonds is 7. The number of hydrogen-bond donors (Lipinski definition) is 0. The number of amides is 1. The lowest BCUT2D eigenvalue weighted by molar-refractivity contribution is -0.129. The average Bonchev–Trinajstić information content (AvgIpc) is 3.16. The van der Waals surface area contributed by atoms with Crippen LogP contribution in [0.4, 0.5) is 17.6 Å². The molecule has 0 aliphatic carbocycles. The van der Waals surface area contributed by atoms with Crippen LogP contribution >= 0.6 is 0 Å². The van der Waals surface area contributed by atoms with Crippen molar-refractivity contribution in [2.75, 3.05) is 6.61 Å². The molecular weight excluding hydrogens is 390 g/mol. The number of aromatic nitrogens is 1. The maximum absolute atomic E-state index is 13.5. The number of ether oxygens (including phenoxy) is 1. The predicted octanol–water partition coefficient (Wildman–Crippen LogP) is 4.31. The number of carbonyl (C=O) groups is 1. The Bertz CT molecular complexity index is 944. The fraction of sp³-hybridized carbons (Fsp3) is 0.250. The van der Waals surface area contributed by atoms with Gasteiger partial charge in [-0.1, -0.05) is 6.58 Å². The third-order valence-corrected chi connectivity index (χ3v) is 4.26. The summed E-state index contributed by atoms with van der Waals surface area (Å²) in [5.74, 6) is -3.96. The zero-order chi connectivity index (χ0) is 21.0. The molecule has 2 aromatic rings. The minimum absolute atomic E-state index is 0.0101. The molecule has 0 spiro atoms. The molecule has 152 valence electrons. The summed E-state index contributed by atoms with van der Waals surface area (Å²) in [7, 11) is 0. The number of benzene rings is 1. The lowest BCUT2D eigenvalue weighted by atomic mass is 10.0. The third kappa shape index (κ3) is 4.98. The van der Waals surface area contributed by atoms with Gasteiger partial charge in [0.1, 0.15) is 17.5 Å². The van der Waals surface area contributed by atoms with Crippen LogP contribution < -0.4 is 4.74 Å². The Kier molecular flexibility index (Phi) is 6.26. The van der Waals surface area contributed by atoms with E-state index in [2.05, 4.69) is 16.7 Å². The monoisotopic (exact) mass is 407 g/mol. The van der Waals surface area contributed by atoms with Gasteiger partial charge in [-0.2, -0.15) is 9.49 Å². The summed E-state index contributed by atoms with van der Waals surface area (Å²) in [5, 5.41) is 5.13. The van der Waals surface area contributed by atoms with E-state index in [0.717, 1.165) is 35.5 Å². The molecule has 9 heteroatoms. The van der Waals surface area contributed by atoms with E-state index in [0.29, 0.717) is 18.4 Å². The SMILES string of the molecule is C=C(CCCOc1cc(F)cnc1F)C(=O)N1N=CCC1c1cc(F)cc(F)c1. The van der Waals surface area contributed by atoms with Crippen molar-refractivity contribution in [2.24, 2.45) is 5.10 Å². The van der Waals surface area contributed by atoms with Crippen molar-refractivity contribution in [1.82, 2.24) is 9.99 Å². The van der Waals surface area contributed by atoms with Gasteiger partial charge < -0.3 is 4.74 Å². The molecule has 1 aromatic heterocycles. The van der Waals surface area contributed by atoms with Gasteiger partial charge >= 0.3 is 0 Å². The highest BCUT2D eigenvalue weighted by molar-refractivity contribution is 5.94. The summed E-state index contributed by atoms with van der Waals surface area (Å²) in [4.78, 5) is 15.8. The lowest BCUT2D eigenvalue weighted by Crippen LogP contribution is -2.28. The van der Waals surface area contributed by atoms with Crippen LogP contribution in [-0.4, -0.2) is 28.7 Å². The Hall–Kier alpha value is -3.23. The molecule has 1 amide bonds. The molecular formula is C20H17F4N3O2. The number of halogens is 4. The van der Waals surface area contributed by atoms with Crippen molar-refractivity contribution in [1.29, 1.82) is 0 Å². The van der Waals surface area contributed by atoms with Crippen LogP contribution in [0.3, 0.4) is 0 Å². The zero-order valence-electron chi connectivity index (χ0n) is 15.2. The van der Waals surface area contributed by atoms with Gasteiger partial charge in [0, 0.05) is 30.3 Å². The van der Waals surface area contributed by atoms with Gasteiger partial charge in [0.25, 0.3) is 11.9 Å². The molecule has 0 N–H and O–H groups in total. The molecule has 1 aromatic carbocycles. The van der Waals surface area contributed by atoms with Crippen molar-refractivity contribution in [2.45, 2.75) is 25.3 Å². The van der Waals surface area contributed by atoms with E-state index < -0.39 is 35.3 Å². The van der Waals surface area contributed by atoms with Crippen molar-refractivity contribution in [3.8, 4) is 5.75 Å². The molecule has 5 nitrogen and oxygen atoms in total. The zero-order valence-corrected chi connectivity index (χ0v) is 15.2. The first kappa shape index (κ1) is 20.5. The summed E-state index contributed by atoms with van der Waals surface area (Å²) >= 11 is 0. The van der Waals surface area contributed by atoms with Crippen LogP contribution in [0, 0.1) is 23.4 Å². The molecule has 0 fully saturated rings. The smallest absolute Gasteiger partial charge is 0.269 e. The molecule has 1 atom stereocenters. The van der Waals surface area contributed by atoms with E-state index in [1.54, 1.807) is 0 Å². The topological polar surface area (TPSA) is 54.8 Å². The summed E-state index contributed by atoms with van der Waals surface area (Å²) < 4.78 is 58.6. The maximum atomic E-state index is 13.5. The number of pyridine rings is 1. The van der Waals surface area contributed by atoms with Gasteiger partial charge in [0.05, 0.1) is 18.8 Å². The predicted molar refractivity (Wildman–Crippen MR) is 97.1 cm³/mol. The molecule has 1 aliphatic heterocycles. The number of nitrogens with zero attached hydrogens (tertiary/aromatic N) is 3. The first-order valence-electron chi connectivity index (χ1n) is 8.79. The molecule has 1 aliphatic rings. The standard InChI is InChI=1S/C20H17F4N3O2/c1-12(3-2-6-29-18-10-16(23)11-25-19(18)24)20(28)27-17(4-5-26-27)13-7-14(21)9-15(22)8-13/h5,7-11,17H,1-4,6H2. The second-order valence-electron chi connectivity index (χ2n) is 6.40. The van der Waals surface area contributed by atoms with Crippen molar-refractivity contribution < 1.29 is 27.1 Å². The van der Waals surface area contributed by atoms with Crippen LogP contribution in [0.25, 0.3) is 0 Å². The molecule has 0 saturated heterocycles. The van der Waals surface area contributed by atoms with Gasteiger partial charge in [-0.25, -0.2) is 23.2 Å². The van der Waals surface area contributed by atoms with Gasteiger partial charge in [0.15, 0.2) is 5.75 Å². The molecule has 29 heavy (non-hydrogen) atoms. The quantitative estimate of drug-likeness (QED) is 0.297. The van der Waals surface area contributed by atoms with E-state index in [1.807, 2.05) is 0 Å². The normalized spacial score (nSPS) is 15.6. The maximum Gasteiger partial charge on any atom is 0.269 e. The molecule has 1 unspecified atom stereocenters. The van der Waals surface area contributed by atoms with Gasteiger partial charge in [-0.05, 0) is 30.5 Å². The van der Waals surface area contributed by atoms with Crippen molar-refractivity contribution in [3.63, 3.8) is 0 Å². The van der Waals surface area contributed by atoms with Crippen molar-refractivity contribution in [3.05, 3.63) is 71.6 Å². The summed E-state index contributed by atoms with van der Waals surface area (Å²) in [6, 6.07) is 3.31. The number of hydrogen-bond acceptors (Lipinski definition) is 4. The molecule has 0 saturated carbocycles. The van der Waals surface area contributed by atoms with Crippen LogP contribution in [0.2, 0.25) is 0 Å². The molecule has 0 radical (unpaired) electrons. The minimum atomic E-state index is -0.933. The van der Waals surface area contributed by atoms with Crippen LogP contribution in [-0.2, 0) is 4.79 Å². The second-order valence-corrected chi connectivity index (χ2v) is 6.40. The fourth-order valence-corrected chi connectivity index (χ4v) is 2.90. The Labute approximate surface area is 164 Å². The summed E-state index contributed by atoms with van der Waals surface area (Å²) in [6.45, 7) is 3.73. The van der Waals surface area contributed by atoms with Crippen LogP contribution in [0.1, 0.15) is 30.9 Å². The van der Waals surface area contributed by atoms with Crippen molar-refractivity contribution >= 4 is 12.1 Å². The Balaban J connectivity index is 1.55. The number of hydrazone groups is 1. The van der Waals surface area contributed by atoms with E-state index in [4.69, 9.17) is 4.74 Å². The summed E-state index contributed by atoms with van der Waals surface area (Å²) in [6.07, 6.45) is 3.05. The lowest BCUT2D eigenvalue weighted by Gasteiger charge is -2.23. The second kappa shape index (κ2) is 8.85. The Morgan fingerprint density at radius 2 is 1.86 bits per heavy atom. The Morgan fingerprint density at radius 3 is 2.59 bits per heavy atom. The first-order chi connectivity index (χ1) is 13.8. The van der Waals surface area contributed by atoms with Crippen LogP contribution in [0.5, 0.6) is 5.75 Å². The van der Waals surface area contributed by atoms with Gasteiger partial charge in [-0.15, -0.1) is 0 Å². The fourth-order valence-electron chi connectivity index (χ4n) is 2.90. The minimum Gasteiger partial charge on any atom is -0.489 e. The average molecular weight is 407 g/mol. The largest absolute Gasteiger partial charge is 0.489 e. The van der Waals surface area contributed by atoms with Gasteiger partial charge in [-0.3, -0.25) is 4.79 Å².